The number of nitrogens with one attached hydrogen (secondary N) is 2. The van der Waals surface area contributed by atoms with Gasteiger partial charge in [0.2, 0.25) is 0 Å². The van der Waals surface area contributed by atoms with Crippen molar-refractivity contribution < 1.29 is 13.2 Å². The lowest BCUT2D eigenvalue weighted by molar-refractivity contribution is -0.113. The molecule has 1 aliphatic rings. The van der Waals surface area contributed by atoms with Gasteiger partial charge in [0.15, 0.2) is 5.13 Å². The molecular weight excluding hydrogens is 396 g/mol. The highest BCUT2D eigenvalue weighted by Crippen LogP contribution is 2.23. The lowest BCUT2D eigenvalue weighted by atomic mass is 10.3. The molecule has 1 aromatic heterocycles. The number of thiazole rings is 1. The molecule has 9 heteroatoms. The Kier molecular flexibility index (Phi) is 4.84. The van der Waals surface area contributed by atoms with Crippen LogP contribution in [0.4, 0.5) is 16.5 Å². The summed E-state index contributed by atoms with van der Waals surface area (Å²) < 4.78 is 27.2. The summed E-state index contributed by atoms with van der Waals surface area (Å²) >= 11 is 1.21. The third kappa shape index (κ3) is 3.90. The van der Waals surface area contributed by atoms with Crippen LogP contribution in [0, 0.1) is 0 Å². The predicted octanol–water partition coefficient (Wildman–Crippen LogP) is 3.29. The molecule has 28 heavy (non-hydrogen) atoms. The molecule has 0 saturated heterocycles. The van der Waals surface area contributed by atoms with Crippen LogP contribution >= 0.6 is 11.3 Å². The summed E-state index contributed by atoms with van der Waals surface area (Å²) in [6, 6.07) is 15.7. The second kappa shape index (κ2) is 7.45. The lowest BCUT2D eigenvalue weighted by Crippen LogP contribution is -2.25. The molecule has 142 valence electrons. The van der Waals surface area contributed by atoms with Crippen molar-refractivity contribution in [1.29, 1.82) is 0 Å². The Bertz CT molecular complexity index is 1110. The predicted molar refractivity (Wildman–Crippen MR) is 110 cm³/mol. The van der Waals surface area contributed by atoms with Gasteiger partial charge in [-0.1, -0.05) is 18.2 Å². The molecule has 3 aromatic rings. The molecule has 0 radical (unpaired) electrons. The van der Waals surface area contributed by atoms with Crippen LogP contribution in [0.25, 0.3) is 0 Å². The van der Waals surface area contributed by atoms with Crippen LogP contribution in [0.2, 0.25) is 0 Å². The van der Waals surface area contributed by atoms with E-state index in [2.05, 4.69) is 15.0 Å². The summed E-state index contributed by atoms with van der Waals surface area (Å²) in [4.78, 5) is 18.0. The summed E-state index contributed by atoms with van der Waals surface area (Å²) in [5.41, 5.74) is 2.27. The molecule has 0 spiro atoms. The number of hydrogen-bond donors (Lipinski definition) is 2. The van der Waals surface area contributed by atoms with E-state index in [4.69, 9.17) is 0 Å². The molecule has 4 rings (SSSR count). The number of amides is 1. The smallest absolute Gasteiger partial charge is 0.263 e. The van der Waals surface area contributed by atoms with Crippen LogP contribution < -0.4 is 14.9 Å². The first kappa shape index (κ1) is 18.2. The highest BCUT2D eigenvalue weighted by atomic mass is 32.2. The van der Waals surface area contributed by atoms with Crippen LogP contribution in [-0.4, -0.2) is 25.9 Å². The normalized spacial score (nSPS) is 14.1. The van der Waals surface area contributed by atoms with Crippen molar-refractivity contribution in [3.05, 3.63) is 77.9 Å². The Hall–Kier alpha value is -3.17. The minimum Gasteiger partial charge on any atom is -0.357 e. The Morgan fingerprint density at radius 1 is 1.04 bits per heavy atom. The lowest BCUT2D eigenvalue weighted by Gasteiger charge is -2.17. The topological polar surface area (TPSA) is 91.4 Å². The Balaban J connectivity index is 1.44. The van der Waals surface area contributed by atoms with E-state index in [0.29, 0.717) is 17.4 Å². The molecule has 0 fully saturated rings. The maximum atomic E-state index is 12.4. The van der Waals surface area contributed by atoms with E-state index in [0.717, 1.165) is 11.4 Å². The number of aromatic nitrogens is 1. The van der Waals surface area contributed by atoms with E-state index in [1.54, 1.807) is 28.5 Å². The van der Waals surface area contributed by atoms with Gasteiger partial charge in [-0.3, -0.25) is 9.52 Å². The molecular formula is C19H16N4O3S2. The van der Waals surface area contributed by atoms with Crippen LogP contribution in [0.15, 0.2) is 82.8 Å². The summed E-state index contributed by atoms with van der Waals surface area (Å²) in [7, 11) is -3.69. The van der Waals surface area contributed by atoms with Crippen molar-refractivity contribution >= 4 is 43.8 Å². The second-order valence-electron chi connectivity index (χ2n) is 6.02. The molecule has 0 saturated carbocycles. The number of benzene rings is 2. The molecule has 0 bridgehead atoms. The van der Waals surface area contributed by atoms with Crippen LogP contribution in [0.5, 0.6) is 0 Å². The molecule has 2 heterocycles. The van der Waals surface area contributed by atoms with E-state index in [9.17, 15) is 13.2 Å². The third-order valence-corrected chi connectivity index (χ3v) is 6.26. The van der Waals surface area contributed by atoms with Gasteiger partial charge in [-0.15, -0.1) is 11.3 Å². The molecule has 7 nitrogen and oxygen atoms in total. The van der Waals surface area contributed by atoms with Gasteiger partial charge < -0.3 is 10.2 Å². The standard InChI is InChI=1S/C19H16N4O3S2/c24-18-12-15(13-23(18)16-4-2-1-3-5-16)21-14-6-8-17(9-7-14)28(25,26)22-19-20-10-11-27-19/h1-12,21H,13H2,(H,20,22). The van der Waals surface area contributed by atoms with Crippen LogP contribution in [0.3, 0.4) is 0 Å². The van der Waals surface area contributed by atoms with Gasteiger partial charge in [0.1, 0.15) is 0 Å². The number of carbonyl (C=O) groups excluding carboxylic acids is 1. The molecule has 2 N–H and O–H groups in total. The number of para-hydroxylation sites is 1. The highest BCUT2D eigenvalue weighted by Gasteiger charge is 2.23. The summed E-state index contributed by atoms with van der Waals surface area (Å²) in [5, 5.41) is 5.18. The highest BCUT2D eigenvalue weighted by molar-refractivity contribution is 7.93. The Morgan fingerprint density at radius 2 is 1.79 bits per heavy atom. The van der Waals surface area contributed by atoms with Gasteiger partial charge in [-0.2, -0.15) is 0 Å². The Labute approximate surface area is 166 Å². The van der Waals surface area contributed by atoms with Crippen molar-refractivity contribution in [3.8, 4) is 0 Å². The van der Waals surface area contributed by atoms with Gasteiger partial charge in [0.25, 0.3) is 15.9 Å². The largest absolute Gasteiger partial charge is 0.357 e. The summed E-state index contributed by atoms with van der Waals surface area (Å²) in [6.07, 6.45) is 3.08. The second-order valence-corrected chi connectivity index (χ2v) is 8.60. The fraction of sp³-hybridized carbons (Fsp3) is 0.0526. The van der Waals surface area contributed by atoms with Gasteiger partial charge in [0, 0.05) is 34.7 Å². The van der Waals surface area contributed by atoms with Gasteiger partial charge >= 0.3 is 0 Å². The zero-order valence-electron chi connectivity index (χ0n) is 14.6. The minimum absolute atomic E-state index is 0.0967. The molecule has 0 atom stereocenters. The number of rotatable bonds is 6. The maximum absolute atomic E-state index is 12.4. The number of nitrogens with zero attached hydrogens (tertiary/aromatic N) is 2. The quantitative estimate of drug-likeness (QED) is 0.648. The van der Waals surface area contributed by atoms with Crippen molar-refractivity contribution in [1.82, 2.24) is 4.98 Å². The van der Waals surface area contributed by atoms with E-state index in [1.165, 1.54) is 29.7 Å². The summed E-state index contributed by atoms with van der Waals surface area (Å²) in [5.74, 6) is -0.0967. The average Bonchev–Trinajstić information content (AvgIpc) is 3.32. The Morgan fingerprint density at radius 3 is 2.46 bits per heavy atom. The zero-order valence-corrected chi connectivity index (χ0v) is 16.2. The van der Waals surface area contributed by atoms with E-state index in [1.807, 2.05) is 30.3 Å². The van der Waals surface area contributed by atoms with Crippen LogP contribution in [0.1, 0.15) is 0 Å². The van der Waals surface area contributed by atoms with Gasteiger partial charge in [-0.05, 0) is 36.4 Å². The fourth-order valence-electron chi connectivity index (χ4n) is 2.77. The zero-order chi connectivity index (χ0) is 19.6. The monoisotopic (exact) mass is 412 g/mol. The van der Waals surface area contributed by atoms with Crippen molar-refractivity contribution in [2.45, 2.75) is 4.90 Å². The van der Waals surface area contributed by atoms with Crippen LogP contribution in [-0.2, 0) is 14.8 Å². The molecule has 0 unspecified atom stereocenters. The molecule has 2 aromatic carbocycles. The van der Waals surface area contributed by atoms with E-state index < -0.39 is 10.0 Å². The van der Waals surface area contributed by atoms with E-state index >= 15 is 0 Å². The van der Waals surface area contributed by atoms with Crippen molar-refractivity contribution in [2.24, 2.45) is 0 Å². The minimum atomic E-state index is -3.69. The summed E-state index contributed by atoms with van der Waals surface area (Å²) in [6.45, 7) is 0.425. The van der Waals surface area contributed by atoms with Crippen molar-refractivity contribution in [3.63, 3.8) is 0 Å². The molecule has 1 amide bonds. The maximum Gasteiger partial charge on any atom is 0.263 e. The van der Waals surface area contributed by atoms with Crippen molar-refractivity contribution in [2.75, 3.05) is 21.5 Å². The number of hydrogen-bond acceptors (Lipinski definition) is 6. The number of carbonyl (C=O) groups is 1. The number of sulfonamides is 1. The van der Waals surface area contributed by atoms with Gasteiger partial charge in [0.05, 0.1) is 11.4 Å². The molecule has 0 aliphatic carbocycles. The first-order chi connectivity index (χ1) is 13.5. The van der Waals surface area contributed by atoms with Gasteiger partial charge in [-0.25, -0.2) is 13.4 Å². The number of anilines is 3. The average molecular weight is 412 g/mol. The van der Waals surface area contributed by atoms with E-state index in [-0.39, 0.29) is 10.8 Å². The first-order valence-electron chi connectivity index (χ1n) is 8.38. The third-order valence-electron chi connectivity index (χ3n) is 4.08. The SMILES string of the molecule is O=C1C=C(Nc2ccc(S(=O)(=O)Nc3nccs3)cc2)CN1c1ccccc1. The first-order valence-corrected chi connectivity index (χ1v) is 10.7. The fourth-order valence-corrected chi connectivity index (χ4v) is 4.56. The molecule has 1 aliphatic heterocycles.